The number of para-hydroxylation sites is 1. The Labute approximate surface area is 266 Å². The number of anilines is 4. The first kappa shape index (κ1) is 28.3. The third kappa shape index (κ3) is 5.90. The summed E-state index contributed by atoms with van der Waals surface area (Å²) in [5.41, 5.74) is 4.95. The molecule has 0 N–H and O–H groups in total. The zero-order chi connectivity index (χ0) is 28.3. The van der Waals surface area contributed by atoms with Crippen molar-refractivity contribution >= 4 is 33.7 Å². The molecule has 214 valence electrons. The number of ether oxygens (including phenoxy) is 1. The van der Waals surface area contributed by atoms with Crippen LogP contribution in [0.3, 0.4) is 0 Å². The van der Waals surface area contributed by atoms with Crippen molar-refractivity contribution in [2.75, 3.05) is 16.8 Å². The summed E-state index contributed by atoms with van der Waals surface area (Å²) in [6.07, 6.45) is 5.78. The van der Waals surface area contributed by atoms with Gasteiger partial charge in [-0.3, -0.25) is 0 Å². The van der Waals surface area contributed by atoms with Crippen molar-refractivity contribution in [2.45, 2.75) is 0 Å². The summed E-state index contributed by atoms with van der Waals surface area (Å²) < 4.78 is 6.30. The molecule has 1 aliphatic rings. The van der Waals surface area contributed by atoms with Crippen LogP contribution in [0.25, 0.3) is 21.9 Å². The number of hydrogen-bond donors (Lipinski definition) is 0. The van der Waals surface area contributed by atoms with Crippen molar-refractivity contribution in [3.05, 3.63) is 159 Å². The number of hydrogen-bond acceptors (Lipinski definition) is 5. The van der Waals surface area contributed by atoms with Gasteiger partial charge in [-0.2, -0.15) is 18.8 Å². The molecule has 0 radical (unpaired) electrons. The number of benzene rings is 5. The number of fused-ring (bicyclic) bond motifs is 1. The van der Waals surface area contributed by atoms with Crippen molar-refractivity contribution in [3.63, 3.8) is 0 Å². The Balaban J connectivity index is 0.00000329. The minimum Gasteiger partial charge on any atom is -0.510 e. The predicted octanol–water partition coefficient (Wildman–Crippen LogP) is 9.10. The van der Waals surface area contributed by atoms with Gasteiger partial charge in [0.15, 0.2) is 0 Å². The van der Waals surface area contributed by atoms with E-state index in [1.165, 1.54) is 10.8 Å². The Morgan fingerprint density at radius 1 is 0.698 bits per heavy atom. The second-order valence-corrected chi connectivity index (χ2v) is 9.96. The molecule has 0 atom stereocenters. The van der Waals surface area contributed by atoms with E-state index < -0.39 is 0 Å². The Bertz CT molecular complexity index is 1890. The Morgan fingerprint density at radius 2 is 1.42 bits per heavy atom. The molecule has 0 unspecified atom stereocenters. The molecule has 43 heavy (non-hydrogen) atoms. The van der Waals surface area contributed by atoms with Gasteiger partial charge in [-0.05, 0) is 54.0 Å². The van der Waals surface area contributed by atoms with Gasteiger partial charge in [-0.15, -0.1) is 42.1 Å². The maximum absolute atomic E-state index is 6.30. The van der Waals surface area contributed by atoms with E-state index in [1.54, 1.807) is 0 Å². The van der Waals surface area contributed by atoms with E-state index in [0.717, 1.165) is 34.0 Å². The monoisotopic (exact) mass is 738 g/mol. The van der Waals surface area contributed by atoms with Crippen molar-refractivity contribution in [2.24, 2.45) is 0 Å². The van der Waals surface area contributed by atoms with Gasteiger partial charge in [0.05, 0.1) is 5.69 Å². The van der Waals surface area contributed by atoms with Crippen molar-refractivity contribution in [1.29, 1.82) is 0 Å². The minimum atomic E-state index is 0. The third-order valence-corrected chi connectivity index (χ3v) is 7.12. The molecule has 6 aromatic rings. The first-order chi connectivity index (χ1) is 20.7. The van der Waals surface area contributed by atoms with Crippen LogP contribution in [0.15, 0.2) is 140 Å². The second kappa shape index (κ2) is 12.6. The number of aromatic nitrogens is 1. The predicted molar refractivity (Wildman–Crippen MR) is 170 cm³/mol. The number of pyridine rings is 1. The molecular weight excluding hydrogens is 712 g/mol. The maximum atomic E-state index is 6.30. The van der Waals surface area contributed by atoms with Crippen LogP contribution < -0.4 is 14.5 Å². The van der Waals surface area contributed by atoms with Gasteiger partial charge in [0.25, 0.3) is 0 Å². The topological polar surface area (TPSA) is 31.8 Å². The number of rotatable bonds is 7. The summed E-state index contributed by atoms with van der Waals surface area (Å²) >= 11 is 0. The molecule has 5 nitrogen and oxygen atoms in total. The summed E-state index contributed by atoms with van der Waals surface area (Å²) in [4.78, 5) is 10.9. The van der Waals surface area contributed by atoms with Gasteiger partial charge in [0.1, 0.15) is 5.82 Å². The van der Waals surface area contributed by atoms with Crippen LogP contribution in [-0.2, 0) is 21.1 Å². The standard InChI is InChI=1S/C37H27N4O.Pt/c1-39-23-24-40(27-39)29-13-9-15-31(25-29)42-32-16-10-14-30(26-32)41(37-21-6-7-22-38-37)36-20-5-4-18-35(36)34-19-8-12-28-11-2-3-17-33(28)34;/h2-24,27H,1H3;/q-3;. The van der Waals surface area contributed by atoms with E-state index >= 15 is 0 Å². The summed E-state index contributed by atoms with van der Waals surface area (Å²) in [6, 6.07) is 47.9. The van der Waals surface area contributed by atoms with Crippen LogP contribution in [0.1, 0.15) is 0 Å². The van der Waals surface area contributed by atoms with Gasteiger partial charge in [-0.25, -0.2) is 4.98 Å². The molecule has 6 heteroatoms. The molecular formula is C37H27N4OPt-3. The SMILES string of the molecule is CN1C=CN(c2[c-]c(Oc3[c-]c(N(c4ccccn4)c4ccccc4-c4cccc5ccccc45)ccc3)ccc2)[CH-]1.[Pt]. The molecule has 1 aliphatic heterocycles. The van der Waals surface area contributed by atoms with E-state index in [2.05, 4.69) is 83.8 Å². The molecule has 0 fully saturated rings. The average molecular weight is 739 g/mol. The second-order valence-electron chi connectivity index (χ2n) is 9.96. The smallest absolute Gasteiger partial charge is 0.135 e. The van der Waals surface area contributed by atoms with Crippen molar-refractivity contribution in [3.8, 4) is 22.6 Å². The van der Waals surface area contributed by atoms with E-state index in [0.29, 0.717) is 11.5 Å². The Morgan fingerprint density at radius 3 is 2.26 bits per heavy atom. The van der Waals surface area contributed by atoms with Gasteiger partial charge in [0, 0.05) is 44.3 Å². The van der Waals surface area contributed by atoms with Crippen molar-refractivity contribution in [1.82, 2.24) is 9.88 Å². The summed E-state index contributed by atoms with van der Waals surface area (Å²) in [6.45, 7) is 1.99. The summed E-state index contributed by atoms with van der Waals surface area (Å²) in [7, 11) is 1.99. The van der Waals surface area contributed by atoms with Gasteiger partial charge >= 0.3 is 0 Å². The first-order valence-electron chi connectivity index (χ1n) is 13.8. The van der Waals surface area contributed by atoms with Crippen LogP contribution in [0.5, 0.6) is 11.5 Å². The largest absolute Gasteiger partial charge is 0.510 e. The molecule has 0 saturated heterocycles. The fraction of sp³-hybridized carbons (Fsp3) is 0.0270. The Hall–Kier alpha value is -4.86. The fourth-order valence-corrected chi connectivity index (χ4v) is 5.20. The average Bonchev–Trinajstić information content (AvgIpc) is 3.48. The van der Waals surface area contributed by atoms with Crippen LogP contribution in [0.2, 0.25) is 0 Å². The van der Waals surface area contributed by atoms with Crippen LogP contribution >= 0.6 is 0 Å². The minimum absolute atomic E-state index is 0. The zero-order valence-corrected chi connectivity index (χ0v) is 25.6. The molecule has 0 aliphatic carbocycles. The molecule has 7 rings (SSSR count). The van der Waals surface area contributed by atoms with Crippen LogP contribution in [0, 0.1) is 18.8 Å². The van der Waals surface area contributed by atoms with Crippen molar-refractivity contribution < 1.29 is 25.8 Å². The van der Waals surface area contributed by atoms with Gasteiger partial charge in [-0.1, -0.05) is 72.4 Å². The first-order valence-corrected chi connectivity index (χ1v) is 13.8. The molecule has 1 aromatic heterocycles. The van der Waals surface area contributed by atoms with Gasteiger partial charge in [0.2, 0.25) is 0 Å². The normalized spacial score (nSPS) is 12.3. The van der Waals surface area contributed by atoms with E-state index in [4.69, 9.17) is 9.72 Å². The van der Waals surface area contributed by atoms with Crippen LogP contribution in [0.4, 0.5) is 22.9 Å². The molecule has 0 saturated carbocycles. The summed E-state index contributed by atoms with van der Waals surface area (Å²) in [5, 5.41) is 2.39. The van der Waals surface area contributed by atoms with Gasteiger partial charge < -0.3 is 19.4 Å². The van der Waals surface area contributed by atoms with E-state index in [-0.39, 0.29) is 21.1 Å². The zero-order valence-electron chi connectivity index (χ0n) is 23.4. The molecule has 0 bridgehead atoms. The van der Waals surface area contributed by atoms with Crippen LogP contribution in [-0.4, -0.2) is 16.9 Å². The molecule has 5 aromatic carbocycles. The van der Waals surface area contributed by atoms with E-state index in [1.807, 2.05) is 96.7 Å². The Kier molecular flexibility index (Phi) is 8.26. The van der Waals surface area contributed by atoms with E-state index in [9.17, 15) is 0 Å². The quantitative estimate of drug-likeness (QED) is 0.153. The molecule has 2 heterocycles. The summed E-state index contributed by atoms with van der Waals surface area (Å²) in [5.74, 6) is 1.98. The maximum Gasteiger partial charge on any atom is 0.135 e. The third-order valence-electron chi connectivity index (χ3n) is 7.12. The number of nitrogens with zero attached hydrogens (tertiary/aromatic N) is 4. The molecule has 0 spiro atoms. The fourth-order valence-electron chi connectivity index (χ4n) is 5.20. The molecule has 0 amide bonds.